The molecule has 90 valence electrons. The molecule has 2 aromatic heterocycles. The van der Waals surface area contributed by atoms with Crippen LogP contribution in [0.2, 0.25) is 0 Å². The summed E-state index contributed by atoms with van der Waals surface area (Å²) in [5, 5.41) is 7.99. The van der Waals surface area contributed by atoms with Crippen molar-refractivity contribution in [2.75, 3.05) is 5.73 Å². The Balaban J connectivity index is 2.62. The van der Waals surface area contributed by atoms with Crippen LogP contribution in [0.15, 0.2) is 24.4 Å². The van der Waals surface area contributed by atoms with Gasteiger partial charge in [0.2, 0.25) is 0 Å². The van der Waals surface area contributed by atoms with Crippen LogP contribution < -0.4 is 11.2 Å². The van der Waals surface area contributed by atoms with E-state index in [2.05, 4.69) is 18.8 Å². The minimum absolute atomic E-state index is 0.369. The lowest BCUT2D eigenvalue weighted by atomic mass is 10.0. The van der Waals surface area contributed by atoms with E-state index in [0.717, 1.165) is 18.5 Å². The van der Waals surface area contributed by atoms with Crippen LogP contribution in [0, 0.1) is 5.41 Å². The highest BCUT2D eigenvalue weighted by Gasteiger charge is 2.09. The second-order valence-corrected chi connectivity index (χ2v) is 4.41. The zero-order chi connectivity index (χ0) is 12.4. The molecule has 3 N–H and O–H groups in total. The van der Waals surface area contributed by atoms with E-state index in [1.165, 1.54) is 0 Å². The van der Waals surface area contributed by atoms with E-state index >= 15 is 0 Å². The summed E-state index contributed by atoms with van der Waals surface area (Å²) in [6.45, 7) is 4.29. The largest absolute Gasteiger partial charge is 0.396 e. The molecule has 0 radical (unpaired) electrons. The van der Waals surface area contributed by atoms with Gasteiger partial charge in [-0.1, -0.05) is 20.3 Å². The van der Waals surface area contributed by atoms with Crippen molar-refractivity contribution in [2.24, 2.45) is 0 Å². The van der Waals surface area contributed by atoms with Crippen LogP contribution in [-0.2, 0) is 0 Å². The molecule has 0 amide bonds. The summed E-state index contributed by atoms with van der Waals surface area (Å²) in [4.78, 5) is 4.57. The Hall–Kier alpha value is -1.84. The number of aromatic nitrogens is 2. The molecule has 1 atom stereocenters. The second-order valence-electron chi connectivity index (χ2n) is 4.41. The monoisotopic (exact) mass is 230 g/mol. The van der Waals surface area contributed by atoms with Crippen LogP contribution in [0.5, 0.6) is 0 Å². The highest BCUT2D eigenvalue weighted by atomic mass is 15.0. The Morgan fingerprint density at radius 3 is 3.00 bits per heavy atom. The van der Waals surface area contributed by atoms with Crippen LogP contribution >= 0.6 is 0 Å². The van der Waals surface area contributed by atoms with E-state index in [-0.39, 0.29) is 0 Å². The number of nitrogens with zero attached hydrogens (tertiary/aromatic N) is 2. The van der Waals surface area contributed by atoms with Gasteiger partial charge in [-0.25, -0.2) is 4.98 Å². The molecule has 0 saturated carbocycles. The van der Waals surface area contributed by atoms with Crippen molar-refractivity contribution in [1.82, 2.24) is 9.38 Å². The Morgan fingerprint density at radius 1 is 1.53 bits per heavy atom. The standard InChI is InChI=1S/C13H18N4/c1-3-5-9(2)11-8-12(15)17-7-4-6-10(14)13(17)16-11/h4,6-9,15H,3,5,14H2,1-2H3. The van der Waals surface area contributed by atoms with Gasteiger partial charge in [0.05, 0.1) is 5.69 Å². The number of anilines is 1. The lowest BCUT2D eigenvalue weighted by Gasteiger charge is -2.12. The fraction of sp³-hybridized carbons (Fsp3) is 0.385. The second kappa shape index (κ2) is 4.57. The molecular weight excluding hydrogens is 212 g/mol. The number of pyridine rings is 1. The molecule has 2 rings (SSSR count). The van der Waals surface area contributed by atoms with Gasteiger partial charge in [-0.3, -0.25) is 9.81 Å². The van der Waals surface area contributed by atoms with Gasteiger partial charge < -0.3 is 5.73 Å². The van der Waals surface area contributed by atoms with Crippen molar-refractivity contribution < 1.29 is 0 Å². The van der Waals surface area contributed by atoms with Gasteiger partial charge in [0, 0.05) is 18.0 Å². The van der Waals surface area contributed by atoms with Crippen molar-refractivity contribution in [3.8, 4) is 0 Å². The number of hydrogen-bond donors (Lipinski definition) is 2. The molecule has 0 bridgehead atoms. The van der Waals surface area contributed by atoms with Gasteiger partial charge >= 0.3 is 0 Å². The van der Waals surface area contributed by atoms with Crippen molar-refractivity contribution in [3.63, 3.8) is 0 Å². The maximum atomic E-state index is 7.99. The first-order chi connectivity index (χ1) is 8.13. The molecule has 2 aromatic rings. The van der Waals surface area contributed by atoms with E-state index in [9.17, 15) is 0 Å². The van der Waals surface area contributed by atoms with Crippen LogP contribution in [0.25, 0.3) is 5.65 Å². The summed E-state index contributed by atoms with van der Waals surface area (Å²) >= 11 is 0. The topological polar surface area (TPSA) is 67.2 Å². The molecule has 2 heterocycles. The molecule has 17 heavy (non-hydrogen) atoms. The van der Waals surface area contributed by atoms with Gasteiger partial charge in [0.15, 0.2) is 5.65 Å². The van der Waals surface area contributed by atoms with E-state index in [0.29, 0.717) is 22.7 Å². The van der Waals surface area contributed by atoms with Crippen LogP contribution in [-0.4, -0.2) is 9.38 Å². The molecule has 0 saturated heterocycles. The molecule has 0 aliphatic carbocycles. The van der Waals surface area contributed by atoms with E-state index in [1.54, 1.807) is 4.40 Å². The molecule has 0 spiro atoms. The third-order valence-corrected chi connectivity index (χ3v) is 3.00. The number of nitrogens with two attached hydrogens (primary N) is 1. The zero-order valence-electron chi connectivity index (χ0n) is 10.3. The lowest BCUT2D eigenvalue weighted by molar-refractivity contribution is 0.644. The van der Waals surface area contributed by atoms with Crippen molar-refractivity contribution in [3.05, 3.63) is 35.6 Å². The van der Waals surface area contributed by atoms with Crippen molar-refractivity contribution in [2.45, 2.75) is 32.6 Å². The van der Waals surface area contributed by atoms with Gasteiger partial charge in [-0.15, -0.1) is 0 Å². The molecule has 0 aromatic carbocycles. The molecule has 1 unspecified atom stereocenters. The molecule has 4 heteroatoms. The van der Waals surface area contributed by atoms with Crippen LogP contribution in [0.3, 0.4) is 0 Å². The smallest absolute Gasteiger partial charge is 0.161 e. The number of nitrogen functional groups attached to an aromatic ring is 1. The average molecular weight is 230 g/mol. The minimum atomic E-state index is 0.369. The molecule has 0 fully saturated rings. The maximum Gasteiger partial charge on any atom is 0.161 e. The summed E-state index contributed by atoms with van der Waals surface area (Å²) in [5.41, 5.74) is 8.58. The quantitative estimate of drug-likeness (QED) is 0.849. The van der Waals surface area contributed by atoms with Crippen molar-refractivity contribution in [1.29, 1.82) is 5.41 Å². The maximum absolute atomic E-state index is 7.99. The highest BCUT2D eigenvalue weighted by molar-refractivity contribution is 5.63. The normalized spacial score (nSPS) is 12.8. The summed E-state index contributed by atoms with van der Waals surface area (Å²) in [7, 11) is 0. The summed E-state index contributed by atoms with van der Waals surface area (Å²) in [5.74, 6) is 0.369. The third kappa shape index (κ3) is 2.16. The van der Waals surface area contributed by atoms with E-state index in [1.807, 2.05) is 24.4 Å². The Bertz CT molecular complexity index is 585. The third-order valence-electron chi connectivity index (χ3n) is 3.00. The number of rotatable bonds is 3. The Morgan fingerprint density at radius 2 is 2.29 bits per heavy atom. The van der Waals surface area contributed by atoms with Gasteiger partial charge in [-0.05, 0) is 24.5 Å². The molecule has 0 aliphatic rings. The number of nitrogens with one attached hydrogen (secondary N) is 1. The fourth-order valence-electron chi connectivity index (χ4n) is 2.03. The lowest BCUT2D eigenvalue weighted by Crippen LogP contribution is -2.17. The molecule has 0 aliphatic heterocycles. The Labute approximate surface area is 101 Å². The number of fused-ring (bicyclic) bond motifs is 1. The first-order valence-corrected chi connectivity index (χ1v) is 5.96. The predicted octanol–water partition coefficient (Wildman–Crippen LogP) is 2.30. The molecule has 4 nitrogen and oxygen atoms in total. The van der Waals surface area contributed by atoms with Gasteiger partial charge in [0.25, 0.3) is 0 Å². The van der Waals surface area contributed by atoms with Crippen LogP contribution in [0.4, 0.5) is 5.69 Å². The van der Waals surface area contributed by atoms with Crippen molar-refractivity contribution >= 4 is 11.3 Å². The van der Waals surface area contributed by atoms with Crippen LogP contribution in [0.1, 0.15) is 38.3 Å². The fourth-order valence-corrected chi connectivity index (χ4v) is 2.03. The average Bonchev–Trinajstić information content (AvgIpc) is 2.30. The van der Waals surface area contributed by atoms with E-state index in [4.69, 9.17) is 11.1 Å². The summed E-state index contributed by atoms with van der Waals surface area (Å²) < 4.78 is 1.71. The minimum Gasteiger partial charge on any atom is -0.396 e. The predicted molar refractivity (Wildman–Crippen MR) is 68.8 cm³/mol. The first kappa shape index (κ1) is 11.6. The zero-order valence-corrected chi connectivity index (χ0v) is 10.3. The van der Waals surface area contributed by atoms with E-state index < -0.39 is 0 Å². The SMILES string of the molecule is CCCC(C)c1cc(=N)n2cccc(N)c2n1. The first-order valence-electron chi connectivity index (χ1n) is 5.96. The number of hydrogen-bond acceptors (Lipinski definition) is 3. The Kier molecular flexibility index (Phi) is 3.13. The summed E-state index contributed by atoms with van der Waals surface area (Å²) in [6, 6.07) is 5.47. The highest BCUT2D eigenvalue weighted by Crippen LogP contribution is 2.19. The van der Waals surface area contributed by atoms with Gasteiger partial charge in [-0.2, -0.15) is 0 Å². The summed E-state index contributed by atoms with van der Waals surface area (Å²) in [6.07, 6.45) is 4.01. The van der Waals surface area contributed by atoms with Gasteiger partial charge in [0.1, 0.15) is 5.49 Å². The molecular formula is C13H18N4.